The van der Waals surface area contributed by atoms with Crippen molar-refractivity contribution in [3.8, 4) is 0 Å². The van der Waals surface area contributed by atoms with Crippen molar-refractivity contribution in [1.29, 1.82) is 0 Å². The maximum Gasteiger partial charge on any atom is 0.401 e. The molecule has 0 aromatic carbocycles. The van der Waals surface area contributed by atoms with Gasteiger partial charge in [0.25, 0.3) is 0 Å². The molecule has 2 rings (SSSR count). The monoisotopic (exact) mass is 292 g/mol. The molecule has 1 aliphatic rings. The Morgan fingerprint density at radius 1 is 1.25 bits per heavy atom. The van der Waals surface area contributed by atoms with Gasteiger partial charge in [0.2, 0.25) is 0 Å². The number of nitrogens with zero attached hydrogens (tertiary/aromatic N) is 3. The van der Waals surface area contributed by atoms with E-state index in [2.05, 4.69) is 15.4 Å². The molecule has 5 nitrogen and oxygen atoms in total. The van der Waals surface area contributed by atoms with E-state index in [1.54, 1.807) is 0 Å². The minimum Gasteiger partial charge on any atom is -0.360 e. The van der Waals surface area contributed by atoms with Gasteiger partial charge in [-0.2, -0.15) is 13.2 Å². The first-order valence-corrected chi connectivity index (χ1v) is 6.57. The van der Waals surface area contributed by atoms with Gasteiger partial charge in [0.05, 0.1) is 18.8 Å². The van der Waals surface area contributed by atoms with Crippen LogP contribution in [0.3, 0.4) is 0 Å². The zero-order chi connectivity index (χ0) is 14.6. The standard InChI is InChI=1S/C12H19F3N4O/c1-16-7-10-6-11(20-17-10)8-18-2-4-19(5-3-18)9-12(13,14)15/h6,16H,2-5,7-9H2,1H3. The van der Waals surface area contributed by atoms with Crippen LogP contribution in [0.25, 0.3) is 0 Å². The van der Waals surface area contributed by atoms with E-state index in [1.165, 1.54) is 4.90 Å². The summed E-state index contributed by atoms with van der Waals surface area (Å²) in [5.74, 6) is 0.750. The quantitative estimate of drug-likeness (QED) is 0.879. The highest BCUT2D eigenvalue weighted by Gasteiger charge is 2.32. The number of hydrogen-bond donors (Lipinski definition) is 1. The molecule has 1 aromatic rings. The molecule has 1 aromatic heterocycles. The van der Waals surface area contributed by atoms with Gasteiger partial charge >= 0.3 is 6.18 Å². The molecule has 8 heteroatoms. The van der Waals surface area contributed by atoms with Crippen molar-refractivity contribution in [2.45, 2.75) is 19.3 Å². The highest BCUT2D eigenvalue weighted by Crippen LogP contribution is 2.18. The van der Waals surface area contributed by atoms with Gasteiger partial charge in [-0.25, -0.2) is 0 Å². The second-order valence-corrected chi connectivity index (χ2v) is 4.98. The molecule has 1 aliphatic heterocycles. The van der Waals surface area contributed by atoms with Gasteiger partial charge in [0.1, 0.15) is 0 Å². The predicted octanol–water partition coefficient (Wildman–Crippen LogP) is 1.07. The van der Waals surface area contributed by atoms with E-state index in [4.69, 9.17) is 4.52 Å². The normalized spacial score (nSPS) is 18.6. The van der Waals surface area contributed by atoms with Crippen LogP contribution in [0.15, 0.2) is 10.6 Å². The second-order valence-electron chi connectivity index (χ2n) is 4.98. The van der Waals surface area contributed by atoms with Crippen molar-refractivity contribution in [3.63, 3.8) is 0 Å². The lowest BCUT2D eigenvalue weighted by atomic mass is 10.3. The Kier molecular flexibility index (Phi) is 5.00. The summed E-state index contributed by atoms with van der Waals surface area (Å²) in [6, 6.07) is 1.87. The third-order valence-electron chi connectivity index (χ3n) is 3.21. The number of hydrogen-bond acceptors (Lipinski definition) is 5. The van der Waals surface area contributed by atoms with Crippen LogP contribution < -0.4 is 5.32 Å². The fraction of sp³-hybridized carbons (Fsp3) is 0.750. The molecular weight excluding hydrogens is 273 g/mol. The second kappa shape index (κ2) is 6.55. The van der Waals surface area contributed by atoms with Crippen LogP contribution in [-0.2, 0) is 13.1 Å². The molecule has 0 aliphatic carbocycles. The maximum atomic E-state index is 12.3. The van der Waals surface area contributed by atoms with Gasteiger partial charge in [-0.15, -0.1) is 0 Å². The first kappa shape index (κ1) is 15.3. The van der Waals surface area contributed by atoms with Gasteiger partial charge < -0.3 is 9.84 Å². The number of aromatic nitrogens is 1. The van der Waals surface area contributed by atoms with Gasteiger partial charge in [-0.1, -0.05) is 5.16 Å². The Balaban J connectivity index is 1.76. The van der Waals surface area contributed by atoms with Crippen LogP contribution in [0, 0.1) is 0 Å². The molecule has 0 atom stereocenters. The van der Waals surface area contributed by atoms with E-state index in [0.29, 0.717) is 39.3 Å². The number of halogens is 3. The SMILES string of the molecule is CNCc1cc(CN2CCN(CC(F)(F)F)CC2)on1. The topological polar surface area (TPSA) is 44.5 Å². The highest BCUT2D eigenvalue weighted by atomic mass is 19.4. The van der Waals surface area contributed by atoms with Gasteiger partial charge in [0.15, 0.2) is 5.76 Å². The van der Waals surface area contributed by atoms with E-state index >= 15 is 0 Å². The van der Waals surface area contributed by atoms with E-state index < -0.39 is 12.7 Å². The van der Waals surface area contributed by atoms with Crippen LogP contribution >= 0.6 is 0 Å². The maximum absolute atomic E-state index is 12.3. The Labute approximate surface area is 115 Å². The van der Waals surface area contributed by atoms with Crippen LogP contribution in [0.5, 0.6) is 0 Å². The van der Waals surface area contributed by atoms with E-state index in [9.17, 15) is 13.2 Å². The highest BCUT2D eigenvalue weighted by molar-refractivity contribution is 5.05. The van der Waals surface area contributed by atoms with Crippen molar-refractivity contribution >= 4 is 0 Å². The summed E-state index contributed by atoms with van der Waals surface area (Å²) in [6.45, 7) is 2.49. The predicted molar refractivity (Wildman–Crippen MR) is 67.0 cm³/mol. The third-order valence-corrected chi connectivity index (χ3v) is 3.21. The largest absolute Gasteiger partial charge is 0.401 e. The minimum absolute atomic E-state index is 0.428. The van der Waals surface area contributed by atoms with Gasteiger partial charge in [-0.05, 0) is 7.05 Å². The lowest BCUT2D eigenvalue weighted by Gasteiger charge is -2.34. The summed E-state index contributed by atoms with van der Waals surface area (Å²) in [7, 11) is 1.83. The summed E-state index contributed by atoms with van der Waals surface area (Å²) in [6.07, 6.45) is -4.12. The van der Waals surface area contributed by atoms with Crippen LogP contribution in [0.4, 0.5) is 13.2 Å². The number of nitrogens with one attached hydrogen (secondary N) is 1. The van der Waals surface area contributed by atoms with Gasteiger partial charge in [-0.3, -0.25) is 9.80 Å². The fourth-order valence-corrected chi connectivity index (χ4v) is 2.27. The molecular formula is C12H19F3N4O. The average Bonchev–Trinajstić information content (AvgIpc) is 2.78. The van der Waals surface area contributed by atoms with Crippen LogP contribution in [0.2, 0.25) is 0 Å². The summed E-state index contributed by atoms with van der Waals surface area (Å²) in [5, 5.41) is 6.89. The molecule has 0 saturated carbocycles. The fourth-order valence-electron chi connectivity index (χ4n) is 2.27. The molecule has 0 spiro atoms. The van der Waals surface area contributed by atoms with Crippen LogP contribution in [0.1, 0.15) is 11.5 Å². The minimum atomic E-state index is -4.12. The molecule has 0 unspecified atom stereocenters. The molecule has 0 radical (unpaired) electrons. The molecule has 1 N–H and O–H groups in total. The summed E-state index contributed by atoms with van der Waals surface area (Å²) >= 11 is 0. The first-order valence-electron chi connectivity index (χ1n) is 6.57. The number of rotatable bonds is 5. The van der Waals surface area contributed by atoms with Crippen molar-refractivity contribution in [2.24, 2.45) is 0 Å². The van der Waals surface area contributed by atoms with E-state index in [1.807, 2.05) is 13.1 Å². The third kappa shape index (κ3) is 4.77. The Bertz CT molecular complexity index is 413. The molecule has 0 amide bonds. The zero-order valence-corrected chi connectivity index (χ0v) is 11.4. The molecule has 0 bridgehead atoms. The molecule has 1 fully saturated rings. The number of alkyl halides is 3. The lowest BCUT2D eigenvalue weighted by molar-refractivity contribution is -0.149. The summed E-state index contributed by atoms with van der Waals surface area (Å²) < 4.78 is 42.0. The van der Waals surface area contributed by atoms with Crippen molar-refractivity contribution in [3.05, 3.63) is 17.5 Å². The Morgan fingerprint density at radius 2 is 1.90 bits per heavy atom. The Morgan fingerprint density at radius 3 is 2.50 bits per heavy atom. The van der Waals surface area contributed by atoms with Crippen LogP contribution in [-0.4, -0.2) is 60.9 Å². The summed E-state index contributed by atoms with van der Waals surface area (Å²) in [5.41, 5.74) is 0.832. The van der Waals surface area contributed by atoms with E-state index in [-0.39, 0.29) is 0 Å². The Hall–Kier alpha value is -1.12. The zero-order valence-electron chi connectivity index (χ0n) is 11.4. The summed E-state index contributed by atoms with van der Waals surface area (Å²) in [4.78, 5) is 3.51. The molecule has 114 valence electrons. The molecule has 1 saturated heterocycles. The number of piperazine rings is 1. The van der Waals surface area contributed by atoms with Gasteiger partial charge in [0, 0.05) is 38.8 Å². The lowest BCUT2D eigenvalue weighted by Crippen LogP contribution is -2.48. The van der Waals surface area contributed by atoms with Crippen molar-refractivity contribution in [1.82, 2.24) is 20.3 Å². The molecule has 20 heavy (non-hydrogen) atoms. The first-order chi connectivity index (χ1) is 9.46. The van der Waals surface area contributed by atoms with Crippen molar-refractivity contribution in [2.75, 3.05) is 39.8 Å². The smallest absolute Gasteiger partial charge is 0.360 e. The van der Waals surface area contributed by atoms with Crippen molar-refractivity contribution < 1.29 is 17.7 Å². The average molecular weight is 292 g/mol. The molecule has 2 heterocycles. The van der Waals surface area contributed by atoms with E-state index in [0.717, 1.165) is 11.5 Å².